The summed E-state index contributed by atoms with van der Waals surface area (Å²) < 4.78 is 15.8. The van der Waals surface area contributed by atoms with Crippen molar-refractivity contribution in [3.8, 4) is 0 Å². The number of hydrogen-bond acceptors (Lipinski definition) is 2. The molecular formula is C8H17O4Ti. The van der Waals surface area contributed by atoms with Crippen LogP contribution in [0.25, 0.3) is 0 Å². The van der Waals surface area contributed by atoms with Gasteiger partial charge in [-0.3, -0.25) is 4.79 Å². The summed E-state index contributed by atoms with van der Waals surface area (Å²) in [5.41, 5.74) is 0. The van der Waals surface area contributed by atoms with Crippen molar-refractivity contribution in [2.75, 3.05) is 0 Å². The maximum atomic E-state index is 10.0. The van der Waals surface area contributed by atoms with Crippen molar-refractivity contribution in [1.29, 1.82) is 0 Å². The first-order chi connectivity index (χ1) is 6.18. The quantitative estimate of drug-likeness (QED) is 0.533. The molecule has 2 N–H and O–H groups in total. The monoisotopic (exact) mass is 225 g/mol. The van der Waals surface area contributed by atoms with Crippen molar-refractivity contribution in [1.82, 2.24) is 0 Å². The van der Waals surface area contributed by atoms with Gasteiger partial charge in [-0.2, -0.15) is 0 Å². The molecule has 0 bridgehead atoms. The molecule has 0 aliphatic carbocycles. The molecule has 5 heteroatoms. The van der Waals surface area contributed by atoms with E-state index in [9.17, 15) is 4.79 Å². The second-order valence-electron chi connectivity index (χ2n) is 2.65. The Morgan fingerprint density at radius 3 is 2.08 bits per heavy atom. The molecule has 0 amide bonds. The molecule has 77 valence electrons. The van der Waals surface area contributed by atoms with Crippen molar-refractivity contribution in [3.05, 3.63) is 0 Å². The van der Waals surface area contributed by atoms with Gasteiger partial charge in [-0.25, -0.2) is 0 Å². The number of aliphatic carboxylic acids is 1. The molecule has 0 rings (SSSR count). The molecule has 13 heavy (non-hydrogen) atoms. The van der Waals surface area contributed by atoms with Crippen LogP contribution in [0.2, 0.25) is 0 Å². The third-order valence-electron chi connectivity index (χ3n) is 1.49. The van der Waals surface area contributed by atoms with E-state index in [1.807, 2.05) is 0 Å². The zero-order valence-corrected chi connectivity index (χ0v) is 9.52. The molecule has 4 nitrogen and oxygen atoms in total. The van der Waals surface area contributed by atoms with Crippen molar-refractivity contribution in [2.24, 2.45) is 0 Å². The van der Waals surface area contributed by atoms with Gasteiger partial charge in [-0.05, 0) is 6.42 Å². The van der Waals surface area contributed by atoms with E-state index < -0.39 is 25.5 Å². The van der Waals surface area contributed by atoms with E-state index in [4.69, 9.17) is 12.1 Å². The second-order valence-corrected chi connectivity index (χ2v) is 2.93. The molecule has 0 radical (unpaired) electrons. The molecule has 0 unspecified atom stereocenters. The van der Waals surface area contributed by atoms with Gasteiger partial charge in [-0.15, -0.1) is 0 Å². The van der Waals surface area contributed by atoms with Gasteiger partial charge >= 0.3 is 32.5 Å². The van der Waals surface area contributed by atoms with Crippen molar-refractivity contribution in [2.45, 2.75) is 45.4 Å². The van der Waals surface area contributed by atoms with Gasteiger partial charge in [0, 0.05) is 6.42 Å². The predicted octanol–water partition coefficient (Wildman–Crippen LogP) is 1.75. The average Bonchev–Trinajstić information content (AvgIpc) is 2.05. The first kappa shape index (κ1) is 15.4. The summed E-state index contributed by atoms with van der Waals surface area (Å²) in [7, 11) is 0. The van der Waals surface area contributed by atoms with Crippen molar-refractivity contribution < 1.29 is 36.4 Å². The molecule has 0 saturated carbocycles. The molecule has 0 aromatic carbocycles. The number of carboxylic acid groups (broad SMARTS) is 1. The van der Waals surface area contributed by atoms with Gasteiger partial charge in [0.2, 0.25) is 0 Å². The van der Waals surface area contributed by atoms with Crippen LogP contribution in [0.1, 0.15) is 45.4 Å². The molecule has 0 fully saturated rings. The van der Waals surface area contributed by atoms with Gasteiger partial charge in [0.05, 0.1) is 0 Å². The molecule has 0 aliphatic heterocycles. The Morgan fingerprint density at radius 1 is 1.23 bits per heavy atom. The van der Waals surface area contributed by atoms with Crippen LogP contribution >= 0.6 is 0 Å². The van der Waals surface area contributed by atoms with E-state index in [0.29, 0.717) is 6.42 Å². The Balaban J connectivity index is 0. The summed E-state index contributed by atoms with van der Waals surface area (Å²) >= 11 is -1.75. The second kappa shape index (κ2) is 14.5. The molecule has 0 aromatic heterocycles. The van der Waals surface area contributed by atoms with Gasteiger partial charge in [-0.1, -0.05) is 32.6 Å². The third-order valence-corrected chi connectivity index (χ3v) is 1.49. The van der Waals surface area contributed by atoms with Gasteiger partial charge < -0.3 is 5.11 Å². The van der Waals surface area contributed by atoms with E-state index in [-0.39, 0.29) is 0 Å². The summed E-state index contributed by atoms with van der Waals surface area (Å²) in [6, 6.07) is 0. The standard InChI is InChI=1S/C8H16O2.H2O.O.Ti/c1-2-3-4-5-6-7-8(9)10;;;/h2-7H2,1H3,(H,9,10);1H2;;/q;;;+1/p-1. The van der Waals surface area contributed by atoms with E-state index in [0.717, 1.165) is 12.8 Å². The molecule has 0 heterocycles. The SMILES string of the molecule is CCCCCCCC(=O)O.[O]=[Ti][OH]. The molecule has 0 aliphatic rings. The normalized spacial score (nSPS) is 8.15. The van der Waals surface area contributed by atoms with Crippen LogP contribution in [0.15, 0.2) is 0 Å². The Bertz CT molecular complexity index is 127. The summed E-state index contributed by atoms with van der Waals surface area (Å²) in [6.07, 6.45) is 5.88. The fraction of sp³-hybridized carbons (Fsp3) is 0.875. The molecule has 0 aromatic rings. The zero-order chi connectivity index (χ0) is 10.5. The fourth-order valence-electron chi connectivity index (χ4n) is 0.880. The Morgan fingerprint density at radius 2 is 1.69 bits per heavy atom. The molecule has 0 atom stereocenters. The number of rotatable bonds is 6. The summed E-state index contributed by atoms with van der Waals surface area (Å²) in [5, 5.41) is 8.27. The minimum absolute atomic E-state index is 0.337. The first-order valence-electron chi connectivity index (χ1n) is 4.42. The van der Waals surface area contributed by atoms with Crippen LogP contribution < -0.4 is 0 Å². The third kappa shape index (κ3) is 24.5. The summed E-state index contributed by atoms with van der Waals surface area (Å²) in [6.45, 7) is 2.15. The Kier molecular flexibility index (Phi) is 17.2. The van der Waals surface area contributed by atoms with Crippen LogP contribution in [-0.2, 0) is 27.6 Å². The van der Waals surface area contributed by atoms with Crippen molar-refractivity contribution >= 4 is 5.97 Å². The van der Waals surface area contributed by atoms with Crippen LogP contribution in [0, 0.1) is 0 Å². The summed E-state index contributed by atoms with van der Waals surface area (Å²) in [5.74, 6) is -0.670. The maximum absolute atomic E-state index is 10.0. The van der Waals surface area contributed by atoms with E-state index >= 15 is 0 Å². The minimum atomic E-state index is -1.75. The molecule has 0 saturated heterocycles. The van der Waals surface area contributed by atoms with E-state index in [2.05, 4.69) is 6.92 Å². The van der Waals surface area contributed by atoms with E-state index in [1.165, 1.54) is 19.3 Å². The zero-order valence-electron chi connectivity index (χ0n) is 7.95. The number of hydrogen-bond donors (Lipinski definition) is 2. The number of unbranched alkanes of at least 4 members (excludes halogenated alkanes) is 4. The van der Waals surface area contributed by atoms with E-state index in [1.54, 1.807) is 0 Å². The molecule has 0 spiro atoms. The predicted molar refractivity (Wildman–Crippen MR) is 43.9 cm³/mol. The van der Waals surface area contributed by atoms with Crippen LogP contribution in [-0.4, -0.2) is 14.8 Å². The van der Waals surface area contributed by atoms with Crippen LogP contribution in [0.5, 0.6) is 0 Å². The van der Waals surface area contributed by atoms with Crippen molar-refractivity contribution in [3.63, 3.8) is 0 Å². The van der Waals surface area contributed by atoms with Gasteiger partial charge in [0.25, 0.3) is 0 Å². The Hall–Kier alpha value is -0.0557. The number of carboxylic acids is 1. The van der Waals surface area contributed by atoms with Gasteiger partial charge in [0.1, 0.15) is 0 Å². The number of carbonyl (C=O) groups is 1. The van der Waals surface area contributed by atoms with Gasteiger partial charge in [0.15, 0.2) is 0 Å². The Labute approximate surface area is 88.1 Å². The molecular weight excluding hydrogens is 208 g/mol. The first-order valence-corrected chi connectivity index (χ1v) is 5.75. The van der Waals surface area contributed by atoms with Crippen LogP contribution in [0.4, 0.5) is 0 Å². The fourth-order valence-corrected chi connectivity index (χ4v) is 0.880. The average molecular weight is 225 g/mol. The van der Waals surface area contributed by atoms with Crippen LogP contribution in [0.3, 0.4) is 0 Å². The summed E-state index contributed by atoms with van der Waals surface area (Å²) in [4.78, 5) is 10.0. The topological polar surface area (TPSA) is 74.6 Å².